The van der Waals surface area contributed by atoms with E-state index in [4.69, 9.17) is 25.2 Å². The number of nitrogens with one attached hydrogen (secondary N) is 2. The Morgan fingerprint density at radius 1 is 1.07 bits per heavy atom. The molecule has 9 nitrogen and oxygen atoms in total. The molecule has 0 aliphatic carbocycles. The van der Waals surface area contributed by atoms with Crippen LogP contribution >= 0.6 is 19.7 Å². The third kappa shape index (κ3) is 9.33. The molecule has 2 N–H and O–H groups in total. The number of benzene rings is 1. The Kier molecular flexibility index (Phi) is 12.2. The van der Waals surface area contributed by atoms with Crippen LogP contribution in [0.25, 0.3) is 0 Å². The first-order chi connectivity index (χ1) is 13.9. The van der Waals surface area contributed by atoms with E-state index in [0.717, 1.165) is 19.3 Å². The lowest BCUT2D eigenvalue weighted by atomic mass is 10.1. The molecule has 0 aliphatic heterocycles. The third-order valence-electron chi connectivity index (χ3n) is 3.56. The van der Waals surface area contributed by atoms with E-state index in [-0.39, 0.29) is 18.0 Å². The summed E-state index contributed by atoms with van der Waals surface area (Å²) < 4.78 is 17.4. The number of hydrazine groups is 1. The van der Waals surface area contributed by atoms with E-state index in [1.54, 1.807) is 0 Å². The topological polar surface area (TPSA) is 112 Å². The zero-order chi connectivity index (χ0) is 21.7. The minimum Gasteiger partial charge on any atom is -0.274 e. The predicted octanol–water partition coefficient (Wildman–Crippen LogP) is 4.84. The Bertz CT molecular complexity index is 613. The highest BCUT2D eigenvalue weighted by Gasteiger charge is 2.47. The van der Waals surface area contributed by atoms with Gasteiger partial charge >= 0.3 is 8.09 Å². The first-order valence-electron chi connectivity index (χ1n) is 9.64. The second-order valence-corrected chi connectivity index (χ2v) is 8.70. The summed E-state index contributed by atoms with van der Waals surface area (Å²) in [5.41, 5.74) is 3.15. The van der Waals surface area contributed by atoms with Gasteiger partial charge in [-0.2, -0.15) is 13.6 Å². The molecule has 164 valence electrons. The summed E-state index contributed by atoms with van der Waals surface area (Å²) >= 11 is 6.29. The van der Waals surface area contributed by atoms with Gasteiger partial charge in [-0.3, -0.25) is 20.3 Å². The second kappa shape index (κ2) is 13.8. The fraction of sp³-hybridized carbons (Fsp3) is 0.611. The van der Waals surface area contributed by atoms with Crippen LogP contribution in [0.2, 0.25) is 0 Å². The highest BCUT2D eigenvalue weighted by molar-refractivity contribution is 7.59. The van der Waals surface area contributed by atoms with Gasteiger partial charge in [0.2, 0.25) is 5.91 Å². The van der Waals surface area contributed by atoms with Gasteiger partial charge in [0.25, 0.3) is 5.69 Å². The van der Waals surface area contributed by atoms with E-state index >= 15 is 0 Å². The zero-order valence-corrected chi connectivity index (χ0v) is 18.7. The Labute approximate surface area is 177 Å². The summed E-state index contributed by atoms with van der Waals surface area (Å²) in [5.74, 6) is -0.381. The van der Waals surface area contributed by atoms with Crippen LogP contribution in [0.5, 0.6) is 0 Å². The van der Waals surface area contributed by atoms with Gasteiger partial charge in [-0.05, 0) is 30.0 Å². The van der Waals surface area contributed by atoms with E-state index in [1.165, 1.54) is 24.3 Å². The summed E-state index contributed by atoms with van der Waals surface area (Å²) in [6, 6.07) is 5.78. The summed E-state index contributed by atoms with van der Waals surface area (Å²) in [4.78, 5) is 22.6. The molecule has 0 bridgehead atoms. The van der Waals surface area contributed by atoms with Crippen molar-refractivity contribution in [3.63, 3.8) is 0 Å². The normalized spacial score (nSPS) is 12.6. The number of non-ortho nitro benzene ring substituents is 1. The Morgan fingerprint density at radius 2 is 1.55 bits per heavy atom. The number of alkyl halides is 1. The maximum absolute atomic E-state index is 12.4. The van der Waals surface area contributed by atoms with Gasteiger partial charge in [-0.15, -0.1) is 11.6 Å². The average molecular weight is 451 g/mol. The van der Waals surface area contributed by atoms with Crippen molar-refractivity contribution in [2.75, 3.05) is 19.8 Å². The van der Waals surface area contributed by atoms with Gasteiger partial charge in [-0.25, -0.2) is 0 Å². The first kappa shape index (κ1) is 25.7. The van der Waals surface area contributed by atoms with Crippen LogP contribution in [-0.4, -0.2) is 30.7 Å². The summed E-state index contributed by atoms with van der Waals surface area (Å²) in [6.07, 6.45) is 2.27. The number of carbonyl (C=O) groups is 1. The Morgan fingerprint density at radius 3 is 1.97 bits per heavy atom. The van der Waals surface area contributed by atoms with Crippen LogP contribution in [0.1, 0.15) is 57.4 Å². The first-order valence-corrected chi connectivity index (χ1v) is 11.6. The lowest BCUT2D eigenvalue weighted by Crippen LogP contribution is -2.40. The third-order valence-corrected chi connectivity index (χ3v) is 5.92. The molecule has 0 saturated carbocycles. The van der Waals surface area contributed by atoms with Crippen molar-refractivity contribution < 1.29 is 23.3 Å². The van der Waals surface area contributed by atoms with Gasteiger partial charge < -0.3 is 0 Å². The molecule has 1 rings (SSSR count). The van der Waals surface area contributed by atoms with E-state index < -0.39 is 18.4 Å². The molecule has 0 fully saturated rings. The Balaban J connectivity index is 2.70. The van der Waals surface area contributed by atoms with E-state index in [2.05, 4.69) is 10.6 Å². The molecular formula is C18H30ClN3O6P+. The molecule has 0 heterocycles. The summed E-state index contributed by atoms with van der Waals surface area (Å²) in [5, 5.41) is 12.9. The van der Waals surface area contributed by atoms with Crippen LogP contribution in [-0.2, 0) is 18.4 Å². The quantitative estimate of drug-likeness (QED) is 0.170. The minimum absolute atomic E-state index is 0.0347. The maximum atomic E-state index is 12.4. The van der Waals surface area contributed by atoms with Crippen molar-refractivity contribution in [3.8, 4) is 0 Å². The number of hydrogen-bond donors (Lipinski definition) is 2. The second-order valence-electron chi connectivity index (χ2n) is 6.18. The molecule has 0 spiro atoms. The highest BCUT2D eigenvalue weighted by Crippen LogP contribution is 2.57. The molecule has 1 unspecified atom stereocenters. The molecule has 0 saturated heterocycles. The van der Waals surface area contributed by atoms with Gasteiger partial charge in [-0.1, -0.05) is 32.9 Å². The van der Waals surface area contributed by atoms with Crippen LogP contribution in [0.3, 0.4) is 0 Å². The van der Waals surface area contributed by atoms with Crippen molar-refractivity contribution in [1.82, 2.24) is 10.6 Å². The molecule has 1 aromatic rings. The number of nitro benzene ring substituents is 1. The van der Waals surface area contributed by atoms with Crippen molar-refractivity contribution in [2.24, 2.45) is 0 Å². The average Bonchev–Trinajstić information content (AvgIpc) is 2.72. The van der Waals surface area contributed by atoms with Gasteiger partial charge in [0.05, 0.1) is 30.1 Å². The van der Waals surface area contributed by atoms with Crippen molar-refractivity contribution in [1.29, 1.82) is 0 Å². The van der Waals surface area contributed by atoms with Crippen LogP contribution in [0.15, 0.2) is 24.3 Å². The molecule has 29 heavy (non-hydrogen) atoms. The number of nitro groups is 1. The smallest absolute Gasteiger partial charge is 0.274 e. The lowest BCUT2D eigenvalue weighted by molar-refractivity contribution is -0.384. The SMILES string of the molecule is CCCO[P+](NNC(=O)CC(Cl)c1ccc([N+](=O)[O-])cc1)(OCCC)OCCC. The number of halogens is 1. The van der Waals surface area contributed by atoms with E-state index in [1.807, 2.05) is 20.8 Å². The van der Waals surface area contributed by atoms with Crippen LogP contribution in [0.4, 0.5) is 5.69 Å². The van der Waals surface area contributed by atoms with Crippen LogP contribution in [0, 0.1) is 10.1 Å². The number of rotatable bonds is 15. The zero-order valence-electron chi connectivity index (χ0n) is 17.1. The van der Waals surface area contributed by atoms with Crippen molar-refractivity contribution in [3.05, 3.63) is 39.9 Å². The molecule has 0 aliphatic rings. The molecule has 1 aromatic carbocycles. The number of hydrogen-bond acceptors (Lipinski definition) is 7. The summed E-state index contributed by atoms with van der Waals surface area (Å²) in [6.45, 7) is 7.17. The number of nitrogens with zero attached hydrogens (tertiary/aromatic N) is 1. The van der Waals surface area contributed by atoms with Crippen LogP contribution < -0.4 is 10.6 Å². The molecule has 0 aromatic heterocycles. The van der Waals surface area contributed by atoms with E-state index in [0.29, 0.717) is 25.4 Å². The van der Waals surface area contributed by atoms with E-state index in [9.17, 15) is 14.9 Å². The van der Waals surface area contributed by atoms with Gasteiger partial charge in [0, 0.05) is 18.6 Å². The highest BCUT2D eigenvalue weighted by atomic mass is 35.5. The number of amides is 1. The van der Waals surface area contributed by atoms with Gasteiger partial charge in [0.1, 0.15) is 0 Å². The fourth-order valence-corrected chi connectivity index (χ4v) is 4.34. The molecule has 0 radical (unpaired) electrons. The fourth-order valence-electron chi connectivity index (χ4n) is 2.11. The van der Waals surface area contributed by atoms with Crippen molar-refractivity contribution >= 4 is 31.3 Å². The van der Waals surface area contributed by atoms with Gasteiger partial charge in [0.15, 0.2) is 0 Å². The van der Waals surface area contributed by atoms with Crippen molar-refractivity contribution in [2.45, 2.75) is 51.8 Å². The molecule has 1 amide bonds. The molecular weight excluding hydrogens is 421 g/mol. The summed E-state index contributed by atoms with van der Waals surface area (Å²) in [7, 11) is -2.93. The maximum Gasteiger partial charge on any atom is 0.521 e. The largest absolute Gasteiger partial charge is 0.521 e. The monoisotopic (exact) mass is 450 g/mol. The molecule has 1 atom stereocenters. The lowest BCUT2D eigenvalue weighted by Gasteiger charge is -2.22. The number of carbonyl (C=O) groups excluding carboxylic acids is 1. The minimum atomic E-state index is -2.93. The standard InChI is InChI=1S/C18H29ClN3O6P/c1-4-11-26-29(27-12-5-2,28-13-6-3)21-20-18(23)14-17(19)15-7-9-16(10-8-15)22(24)25/h7-10,17,21H,4-6,11-14H2,1-3H3/p+1. The Hall–Kier alpha value is -1.35. The molecule has 11 heteroatoms. The predicted molar refractivity (Wildman–Crippen MR) is 113 cm³/mol.